The minimum Gasteiger partial charge on any atom is -0.506 e. The molecule has 0 amide bonds. The number of hydrogen-bond acceptors (Lipinski definition) is 3. The molecular formula is C9H6ClNO2. The van der Waals surface area contributed by atoms with Crippen LogP contribution in [0.1, 0.15) is 0 Å². The van der Waals surface area contributed by atoms with Crippen molar-refractivity contribution in [3.63, 3.8) is 0 Å². The van der Waals surface area contributed by atoms with Gasteiger partial charge >= 0.3 is 0 Å². The van der Waals surface area contributed by atoms with Gasteiger partial charge in [0.15, 0.2) is 0 Å². The van der Waals surface area contributed by atoms with Crippen molar-refractivity contribution in [3.8, 4) is 17.2 Å². The molecule has 1 aromatic heterocycles. The van der Waals surface area contributed by atoms with E-state index in [2.05, 4.69) is 4.98 Å². The van der Waals surface area contributed by atoms with E-state index >= 15 is 0 Å². The Morgan fingerprint density at radius 1 is 1.38 bits per heavy atom. The van der Waals surface area contributed by atoms with Crippen LogP contribution in [0.15, 0.2) is 35.1 Å². The minimum absolute atomic E-state index is 0.00776. The Morgan fingerprint density at radius 2 is 2.23 bits per heavy atom. The summed E-state index contributed by atoms with van der Waals surface area (Å²) < 4.78 is 5.03. The highest BCUT2D eigenvalue weighted by molar-refractivity contribution is 6.32. The van der Waals surface area contributed by atoms with Gasteiger partial charge in [-0.25, -0.2) is 4.98 Å². The molecule has 2 rings (SSSR count). The lowest BCUT2D eigenvalue weighted by molar-refractivity contribution is 0.473. The molecule has 0 unspecified atom stereocenters. The Morgan fingerprint density at radius 3 is 2.92 bits per heavy atom. The summed E-state index contributed by atoms with van der Waals surface area (Å²) in [6, 6.07) is 5.01. The van der Waals surface area contributed by atoms with Gasteiger partial charge in [0.1, 0.15) is 12.0 Å². The van der Waals surface area contributed by atoms with E-state index in [0.29, 0.717) is 11.5 Å². The van der Waals surface area contributed by atoms with Crippen LogP contribution in [0.5, 0.6) is 5.75 Å². The summed E-state index contributed by atoms with van der Waals surface area (Å²) in [5.41, 5.74) is 0.498. The third kappa shape index (κ3) is 1.38. The molecule has 0 spiro atoms. The SMILES string of the molecule is Oc1c(Cl)cccc1-c1ncco1. The van der Waals surface area contributed by atoms with Crippen molar-refractivity contribution in [2.45, 2.75) is 0 Å². The molecule has 0 aliphatic heterocycles. The standard InChI is InChI=1S/C9H6ClNO2/c10-7-3-1-2-6(8(7)12)9-11-4-5-13-9/h1-5,12H. The summed E-state index contributed by atoms with van der Waals surface area (Å²) in [4.78, 5) is 3.90. The number of aromatic nitrogens is 1. The molecule has 1 N–H and O–H groups in total. The maximum absolute atomic E-state index is 9.54. The van der Waals surface area contributed by atoms with E-state index in [1.54, 1.807) is 18.2 Å². The molecular weight excluding hydrogens is 190 g/mol. The Kier molecular flexibility index (Phi) is 1.94. The number of nitrogens with zero attached hydrogens (tertiary/aromatic N) is 1. The van der Waals surface area contributed by atoms with Crippen molar-refractivity contribution in [2.75, 3.05) is 0 Å². The van der Waals surface area contributed by atoms with Gasteiger partial charge in [-0.2, -0.15) is 0 Å². The zero-order chi connectivity index (χ0) is 9.26. The van der Waals surface area contributed by atoms with Crippen LogP contribution >= 0.6 is 11.6 Å². The zero-order valence-corrected chi connectivity index (χ0v) is 7.32. The molecule has 0 saturated carbocycles. The topological polar surface area (TPSA) is 46.3 Å². The molecule has 0 bridgehead atoms. The second-order valence-corrected chi connectivity index (χ2v) is 2.88. The van der Waals surface area contributed by atoms with Crippen LogP contribution in [0.2, 0.25) is 5.02 Å². The van der Waals surface area contributed by atoms with E-state index in [1.165, 1.54) is 12.5 Å². The van der Waals surface area contributed by atoms with Gasteiger partial charge in [-0.3, -0.25) is 0 Å². The smallest absolute Gasteiger partial charge is 0.229 e. The fraction of sp³-hybridized carbons (Fsp3) is 0. The summed E-state index contributed by atoms with van der Waals surface area (Å²) in [6.07, 6.45) is 2.95. The number of phenols is 1. The van der Waals surface area contributed by atoms with Gasteiger partial charge in [0.25, 0.3) is 0 Å². The lowest BCUT2D eigenvalue weighted by atomic mass is 10.2. The number of phenolic OH excluding ortho intramolecular Hbond substituents is 1. The van der Waals surface area contributed by atoms with Crippen LogP contribution in [0.4, 0.5) is 0 Å². The highest BCUT2D eigenvalue weighted by Crippen LogP contribution is 2.33. The second kappa shape index (κ2) is 3.11. The molecule has 4 heteroatoms. The van der Waals surface area contributed by atoms with Gasteiger partial charge in [-0.1, -0.05) is 17.7 Å². The van der Waals surface area contributed by atoms with Crippen LogP contribution in [-0.2, 0) is 0 Å². The number of halogens is 1. The average Bonchev–Trinajstić information content (AvgIpc) is 2.62. The predicted molar refractivity (Wildman–Crippen MR) is 48.6 cm³/mol. The molecule has 2 aromatic rings. The molecule has 0 radical (unpaired) electrons. The first kappa shape index (κ1) is 8.13. The summed E-state index contributed by atoms with van der Waals surface area (Å²) in [7, 11) is 0. The molecule has 0 atom stereocenters. The van der Waals surface area contributed by atoms with Gasteiger partial charge in [-0.15, -0.1) is 0 Å². The first-order valence-electron chi connectivity index (χ1n) is 3.66. The maximum Gasteiger partial charge on any atom is 0.229 e. The van der Waals surface area contributed by atoms with E-state index in [1.807, 2.05) is 0 Å². The lowest BCUT2D eigenvalue weighted by Crippen LogP contribution is -1.78. The minimum atomic E-state index is -0.00776. The van der Waals surface area contributed by atoms with Crippen molar-refractivity contribution >= 4 is 11.6 Å². The number of hydrogen-bond donors (Lipinski definition) is 1. The van der Waals surface area contributed by atoms with Gasteiger partial charge in [0, 0.05) is 0 Å². The third-order valence-electron chi connectivity index (χ3n) is 1.65. The molecule has 13 heavy (non-hydrogen) atoms. The molecule has 0 saturated heterocycles. The molecule has 1 aromatic carbocycles. The maximum atomic E-state index is 9.54. The summed E-state index contributed by atoms with van der Waals surface area (Å²) in [5.74, 6) is 0.353. The Bertz CT molecular complexity index is 412. The van der Waals surface area contributed by atoms with Crippen molar-refractivity contribution in [1.82, 2.24) is 4.98 Å². The molecule has 1 heterocycles. The van der Waals surface area contributed by atoms with Crippen molar-refractivity contribution in [3.05, 3.63) is 35.7 Å². The number of rotatable bonds is 1. The second-order valence-electron chi connectivity index (χ2n) is 2.47. The molecule has 66 valence electrons. The molecule has 0 aliphatic rings. The van der Waals surface area contributed by atoms with Crippen molar-refractivity contribution in [1.29, 1.82) is 0 Å². The van der Waals surface area contributed by atoms with Crippen LogP contribution in [0.3, 0.4) is 0 Å². The predicted octanol–water partition coefficient (Wildman–Crippen LogP) is 2.70. The summed E-state index contributed by atoms with van der Waals surface area (Å²) >= 11 is 5.71. The molecule has 0 aliphatic carbocycles. The van der Waals surface area contributed by atoms with E-state index in [4.69, 9.17) is 16.0 Å². The van der Waals surface area contributed by atoms with Crippen LogP contribution in [0.25, 0.3) is 11.5 Å². The molecule has 0 fully saturated rings. The van der Waals surface area contributed by atoms with Crippen molar-refractivity contribution in [2.24, 2.45) is 0 Å². The quantitative estimate of drug-likeness (QED) is 0.761. The monoisotopic (exact) mass is 195 g/mol. The third-order valence-corrected chi connectivity index (χ3v) is 1.95. The van der Waals surface area contributed by atoms with E-state index in [0.717, 1.165) is 0 Å². The first-order chi connectivity index (χ1) is 6.29. The Labute approximate surface area is 79.6 Å². The zero-order valence-electron chi connectivity index (χ0n) is 6.57. The average molecular weight is 196 g/mol. The van der Waals surface area contributed by atoms with Gasteiger partial charge in [-0.05, 0) is 12.1 Å². The van der Waals surface area contributed by atoms with Crippen molar-refractivity contribution < 1.29 is 9.52 Å². The van der Waals surface area contributed by atoms with Crippen LogP contribution < -0.4 is 0 Å². The van der Waals surface area contributed by atoms with Gasteiger partial charge in [0.2, 0.25) is 5.89 Å². The fourth-order valence-corrected chi connectivity index (χ4v) is 1.22. The Balaban J connectivity index is 2.59. The number of aromatic hydroxyl groups is 1. The van der Waals surface area contributed by atoms with Gasteiger partial charge in [0.05, 0.1) is 16.8 Å². The first-order valence-corrected chi connectivity index (χ1v) is 4.04. The highest BCUT2D eigenvalue weighted by Gasteiger charge is 2.10. The summed E-state index contributed by atoms with van der Waals surface area (Å²) in [6.45, 7) is 0. The number of oxazole rings is 1. The van der Waals surface area contributed by atoms with Gasteiger partial charge < -0.3 is 9.52 Å². The lowest BCUT2D eigenvalue weighted by Gasteiger charge is -2.00. The largest absolute Gasteiger partial charge is 0.506 e. The fourth-order valence-electron chi connectivity index (χ4n) is 1.04. The normalized spacial score (nSPS) is 10.2. The van der Waals surface area contributed by atoms with E-state index in [-0.39, 0.29) is 10.8 Å². The van der Waals surface area contributed by atoms with E-state index < -0.39 is 0 Å². The van der Waals surface area contributed by atoms with Crippen LogP contribution in [-0.4, -0.2) is 10.1 Å². The summed E-state index contributed by atoms with van der Waals surface area (Å²) in [5, 5.41) is 9.83. The number of benzene rings is 1. The number of para-hydroxylation sites is 1. The van der Waals surface area contributed by atoms with E-state index in [9.17, 15) is 5.11 Å². The van der Waals surface area contributed by atoms with Crippen LogP contribution in [0, 0.1) is 0 Å². The highest BCUT2D eigenvalue weighted by atomic mass is 35.5. The Hall–Kier alpha value is -1.48. The molecule has 3 nitrogen and oxygen atoms in total.